The van der Waals surface area contributed by atoms with Crippen molar-refractivity contribution in [1.82, 2.24) is 15.3 Å². The van der Waals surface area contributed by atoms with E-state index in [1.165, 1.54) is 5.56 Å². The van der Waals surface area contributed by atoms with Crippen molar-refractivity contribution in [3.63, 3.8) is 0 Å². The summed E-state index contributed by atoms with van der Waals surface area (Å²) in [5.74, 6) is 0. The van der Waals surface area contributed by atoms with Gasteiger partial charge >= 0.3 is 0 Å². The Balaban J connectivity index is 1.82. The van der Waals surface area contributed by atoms with E-state index >= 15 is 0 Å². The van der Waals surface area contributed by atoms with Gasteiger partial charge in [-0.2, -0.15) is 0 Å². The molecule has 1 aromatic carbocycles. The van der Waals surface area contributed by atoms with Crippen LogP contribution in [0.2, 0.25) is 0 Å². The number of hydrogen-bond acceptors (Lipinski definition) is 3. The van der Waals surface area contributed by atoms with Crippen molar-refractivity contribution in [2.75, 3.05) is 0 Å². The Kier molecular flexibility index (Phi) is 4.63. The molecule has 0 fully saturated rings. The normalized spacial score (nSPS) is 11.5. The molecule has 0 saturated heterocycles. The Morgan fingerprint density at radius 1 is 1.11 bits per heavy atom. The highest BCUT2D eigenvalue weighted by Crippen LogP contribution is 2.14. The van der Waals surface area contributed by atoms with Crippen molar-refractivity contribution < 1.29 is 0 Å². The van der Waals surface area contributed by atoms with Crippen LogP contribution in [0.25, 0.3) is 0 Å². The molecule has 1 N–H and O–H groups in total. The lowest BCUT2D eigenvalue weighted by atomic mass is 9.95. The summed E-state index contributed by atoms with van der Waals surface area (Å²) in [5.41, 5.74) is 2.52. The van der Waals surface area contributed by atoms with Gasteiger partial charge in [0.05, 0.1) is 5.69 Å². The fourth-order valence-corrected chi connectivity index (χ4v) is 1.94. The molecule has 0 spiro atoms. The number of benzene rings is 1. The maximum Gasteiger partial charge on any atom is 0.115 e. The average Bonchev–Trinajstić information content (AvgIpc) is 2.46. The van der Waals surface area contributed by atoms with Gasteiger partial charge in [0.25, 0.3) is 0 Å². The van der Waals surface area contributed by atoms with Gasteiger partial charge in [-0.15, -0.1) is 0 Å². The molecule has 0 radical (unpaired) electrons. The predicted octanol–water partition coefficient (Wildman–Crippen LogP) is 2.98. The van der Waals surface area contributed by atoms with Crippen LogP contribution >= 0.6 is 0 Å². The van der Waals surface area contributed by atoms with E-state index in [0.29, 0.717) is 0 Å². The highest BCUT2D eigenvalue weighted by atomic mass is 15.0. The first kappa shape index (κ1) is 13.7. The highest BCUT2D eigenvalue weighted by molar-refractivity contribution is 5.15. The lowest BCUT2D eigenvalue weighted by Gasteiger charge is -2.26. The van der Waals surface area contributed by atoms with Crippen molar-refractivity contribution in [3.05, 3.63) is 60.2 Å². The molecule has 100 valence electrons. The van der Waals surface area contributed by atoms with Crippen molar-refractivity contribution >= 4 is 0 Å². The monoisotopic (exact) mass is 255 g/mol. The van der Waals surface area contributed by atoms with E-state index in [1.54, 1.807) is 12.5 Å². The second kappa shape index (κ2) is 6.43. The van der Waals surface area contributed by atoms with Crippen LogP contribution in [0.5, 0.6) is 0 Å². The van der Waals surface area contributed by atoms with E-state index in [2.05, 4.69) is 59.5 Å². The average molecular weight is 255 g/mol. The maximum atomic E-state index is 4.23. The van der Waals surface area contributed by atoms with E-state index in [4.69, 9.17) is 0 Å². The summed E-state index contributed by atoms with van der Waals surface area (Å²) in [6.07, 6.45) is 5.56. The molecule has 0 amide bonds. The third-order valence-electron chi connectivity index (χ3n) is 3.27. The van der Waals surface area contributed by atoms with Gasteiger partial charge in [-0.1, -0.05) is 30.3 Å². The van der Waals surface area contributed by atoms with Gasteiger partial charge in [-0.05, 0) is 38.3 Å². The number of aryl methyl sites for hydroxylation is 1. The van der Waals surface area contributed by atoms with Gasteiger partial charge in [0.2, 0.25) is 0 Å². The van der Waals surface area contributed by atoms with Crippen LogP contribution < -0.4 is 5.32 Å². The van der Waals surface area contributed by atoms with Crippen LogP contribution in [0.3, 0.4) is 0 Å². The minimum atomic E-state index is 0.0980. The molecule has 2 rings (SSSR count). The molecule has 3 heteroatoms. The number of aromatic nitrogens is 2. The Morgan fingerprint density at radius 2 is 1.89 bits per heavy atom. The summed E-state index contributed by atoms with van der Waals surface area (Å²) in [5, 5.41) is 3.56. The topological polar surface area (TPSA) is 37.8 Å². The van der Waals surface area contributed by atoms with Gasteiger partial charge in [0.1, 0.15) is 6.33 Å². The van der Waals surface area contributed by atoms with Crippen molar-refractivity contribution in [2.45, 2.75) is 38.8 Å². The lowest BCUT2D eigenvalue weighted by molar-refractivity contribution is 0.358. The number of hydrogen-bond donors (Lipinski definition) is 1. The van der Waals surface area contributed by atoms with Crippen molar-refractivity contribution in [2.24, 2.45) is 0 Å². The molecule has 2 aromatic rings. The number of nitrogens with one attached hydrogen (secondary N) is 1. The van der Waals surface area contributed by atoms with Gasteiger partial charge in [0.15, 0.2) is 0 Å². The summed E-state index contributed by atoms with van der Waals surface area (Å²) >= 11 is 0. The first-order chi connectivity index (χ1) is 9.16. The van der Waals surface area contributed by atoms with Gasteiger partial charge in [0, 0.05) is 18.3 Å². The quantitative estimate of drug-likeness (QED) is 0.862. The van der Waals surface area contributed by atoms with Gasteiger partial charge < -0.3 is 5.32 Å². The van der Waals surface area contributed by atoms with E-state index < -0.39 is 0 Å². The summed E-state index contributed by atoms with van der Waals surface area (Å²) in [7, 11) is 0. The molecule has 19 heavy (non-hydrogen) atoms. The van der Waals surface area contributed by atoms with Gasteiger partial charge in [-0.3, -0.25) is 0 Å². The van der Waals surface area contributed by atoms with E-state index in [0.717, 1.165) is 25.1 Å². The van der Waals surface area contributed by atoms with Crippen LogP contribution in [0.15, 0.2) is 48.9 Å². The standard InChI is InChI=1S/C16H21N3/c1-16(2,10-8-14-6-4-3-5-7-14)19-12-15-9-11-17-13-18-15/h3-7,9,11,13,19H,8,10,12H2,1-2H3. The molecule has 1 aromatic heterocycles. The van der Waals surface area contributed by atoms with Crippen LogP contribution in [0.4, 0.5) is 0 Å². The molecular formula is C16H21N3. The summed E-state index contributed by atoms with van der Waals surface area (Å²) in [6.45, 7) is 5.25. The minimum absolute atomic E-state index is 0.0980. The zero-order valence-electron chi connectivity index (χ0n) is 11.6. The predicted molar refractivity (Wildman–Crippen MR) is 77.7 cm³/mol. The third-order valence-corrected chi connectivity index (χ3v) is 3.27. The largest absolute Gasteiger partial charge is 0.306 e. The Bertz CT molecular complexity index is 434. The third kappa shape index (κ3) is 4.79. The van der Waals surface area contributed by atoms with E-state index in [9.17, 15) is 0 Å². The van der Waals surface area contributed by atoms with Crippen molar-refractivity contribution in [3.8, 4) is 0 Å². The first-order valence-electron chi connectivity index (χ1n) is 6.70. The molecule has 0 aliphatic heterocycles. The second-order valence-corrected chi connectivity index (χ2v) is 5.42. The molecule has 0 saturated carbocycles. The molecule has 0 atom stereocenters. The fourth-order valence-electron chi connectivity index (χ4n) is 1.94. The molecule has 1 heterocycles. The lowest BCUT2D eigenvalue weighted by Crippen LogP contribution is -2.39. The first-order valence-corrected chi connectivity index (χ1v) is 6.70. The van der Waals surface area contributed by atoms with Crippen molar-refractivity contribution in [1.29, 1.82) is 0 Å². The smallest absolute Gasteiger partial charge is 0.115 e. The molecule has 0 bridgehead atoms. The molecule has 0 aliphatic carbocycles. The Labute approximate surface area is 115 Å². The Hall–Kier alpha value is -1.74. The van der Waals surface area contributed by atoms with Crippen LogP contribution in [0.1, 0.15) is 31.5 Å². The highest BCUT2D eigenvalue weighted by Gasteiger charge is 2.16. The van der Waals surface area contributed by atoms with E-state index in [1.807, 2.05) is 6.07 Å². The minimum Gasteiger partial charge on any atom is -0.306 e. The summed E-state index contributed by atoms with van der Waals surface area (Å²) in [6, 6.07) is 12.6. The zero-order chi connectivity index (χ0) is 13.6. The molecule has 0 aliphatic rings. The maximum absolute atomic E-state index is 4.23. The SMILES string of the molecule is CC(C)(CCc1ccccc1)NCc1ccncn1. The summed E-state index contributed by atoms with van der Waals surface area (Å²) < 4.78 is 0. The molecule has 3 nitrogen and oxygen atoms in total. The fraction of sp³-hybridized carbons (Fsp3) is 0.375. The van der Waals surface area contributed by atoms with Crippen LogP contribution in [-0.2, 0) is 13.0 Å². The second-order valence-electron chi connectivity index (χ2n) is 5.42. The Morgan fingerprint density at radius 3 is 2.58 bits per heavy atom. The number of nitrogens with zero attached hydrogens (tertiary/aromatic N) is 2. The molecular weight excluding hydrogens is 234 g/mol. The zero-order valence-corrected chi connectivity index (χ0v) is 11.6. The molecule has 0 unspecified atom stereocenters. The van der Waals surface area contributed by atoms with Gasteiger partial charge in [-0.25, -0.2) is 9.97 Å². The van der Waals surface area contributed by atoms with Crippen LogP contribution in [-0.4, -0.2) is 15.5 Å². The van der Waals surface area contributed by atoms with Crippen LogP contribution in [0, 0.1) is 0 Å². The number of rotatable bonds is 6. The summed E-state index contributed by atoms with van der Waals surface area (Å²) in [4.78, 5) is 8.15. The van der Waals surface area contributed by atoms with E-state index in [-0.39, 0.29) is 5.54 Å².